The first-order chi connectivity index (χ1) is 17.2. The minimum Gasteiger partial charge on any atom is -0.353 e. The van der Waals surface area contributed by atoms with E-state index in [2.05, 4.69) is 30.8 Å². The van der Waals surface area contributed by atoms with Crippen LogP contribution in [0.5, 0.6) is 0 Å². The maximum Gasteiger partial charge on any atom is 0.324 e. The van der Waals surface area contributed by atoms with E-state index in [4.69, 9.17) is 9.97 Å². The van der Waals surface area contributed by atoms with Gasteiger partial charge in [0.1, 0.15) is 11.6 Å². The molecule has 0 spiro atoms. The lowest BCUT2D eigenvalue weighted by Gasteiger charge is -2.30. The Morgan fingerprint density at radius 2 is 1.83 bits per heavy atom. The van der Waals surface area contributed by atoms with E-state index in [1.54, 1.807) is 12.3 Å². The van der Waals surface area contributed by atoms with Crippen LogP contribution in [0.3, 0.4) is 0 Å². The number of carbonyl (C=O) groups is 1. The van der Waals surface area contributed by atoms with Crippen LogP contribution in [0, 0.1) is 0 Å². The molecule has 0 bridgehead atoms. The van der Waals surface area contributed by atoms with E-state index in [0.29, 0.717) is 23.2 Å². The lowest BCUT2D eigenvalue weighted by atomic mass is 10.1. The second-order valence-corrected chi connectivity index (χ2v) is 8.88. The third-order valence-corrected chi connectivity index (χ3v) is 6.34. The Morgan fingerprint density at radius 3 is 2.63 bits per heavy atom. The van der Waals surface area contributed by atoms with Crippen molar-refractivity contribution in [1.82, 2.24) is 25.3 Å². The van der Waals surface area contributed by atoms with Gasteiger partial charge in [0, 0.05) is 55.2 Å². The summed E-state index contributed by atoms with van der Waals surface area (Å²) in [5.74, 6) is 2.52. The number of benzene rings is 1. The maximum absolute atomic E-state index is 12.5. The van der Waals surface area contributed by atoms with Crippen LogP contribution in [0.15, 0.2) is 61.1 Å². The normalized spacial score (nSPS) is 15.7. The van der Waals surface area contributed by atoms with Crippen molar-refractivity contribution in [2.75, 3.05) is 41.7 Å². The first-order valence-corrected chi connectivity index (χ1v) is 12.0. The highest BCUT2D eigenvalue weighted by molar-refractivity contribution is 5.99. The second kappa shape index (κ2) is 9.27. The van der Waals surface area contributed by atoms with Crippen LogP contribution in [0.25, 0.3) is 22.3 Å². The molecule has 1 saturated heterocycles. The molecular formula is C26H26N8O. The monoisotopic (exact) mass is 466 g/mol. The molecular weight excluding hydrogens is 440 g/mol. The second-order valence-electron chi connectivity index (χ2n) is 8.88. The smallest absolute Gasteiger partial charge is 0.324 e. The molecule has 4 aromatic rings. The number of aromatic nitrogens is 4. The van der Waals surface area contributed by atoms with Gasteiger partial charge in [-0.2, -0.15) is 0 Å². The highest BCUT2D eigenvalue weighted by Crippen LogP contribution is 2.44. The van der Waals surface area contributed by atoms with Crippen molar-refractivity contribution in [2.24, 2.45) is 0 Å². The molecule has 1 saturated carbocycles. The molecule has 35 heavy (non-hydrogen) atoms. The molecule has 1 aliphatic carbocycles. The van der Waals surface area contributed by atoms with Crippen molar-refractivity contribution in [2.45, 2.75) is 18.8 Å². The minimum absolute atomic E-state index is 0.361. The molecule has 9 nitrogen and oxygen atoms in total. The predicted molar refractivity (Wildman–Crippen MR) is 137 cm³/mol. The summed E-state index contributed by atoms with van der Waals surface area (Å²) in [5, 5.41) is 10.1. The maximum atomic E-state index is 12.5. The number of piperazine rings is 1. The lowest BCUT2D eigenvalue weighted by Crippen LogP contribution is -2.44. The standard InChI is InChI=1S/C26H26N8O/c35-26(30-19-4-2-1-3-5-19)32-22-14-18(8-9-29-22)24-31-21-16-28-15-20(17-6-7-17)23(21)25(33-24)34-12-10-27-11-13-34/h1-5,8-9,14-17,27H,6-7,10-13H2,(H2,29,30,32,35). The van der Waals surface area contributed by atoms with Crippen molar-refractivity contribution < 1.29 is 4.79 Å². The van der Waals surface area contributed by atoms with Gasteiger partial charge in [-0.25, -0.2) is 19.7 Å². The Morgan fingerprint density at radius 1 is 1.00 bits per heavy atom. The van der Waals surface area contributed by atoms with Crippen molar-refractivity contribution in [3.63, 3.8) is 0 Å². The van der Waals surface area contributed by atoms with Crippen molar-refractivity contribution in [1.29, 1.82) is 0 Å². The fourth-order valence-corrected chi connectivity index (χ4v) is 4.47. The average Bonchev–Trinajstić information content (AvgIpc) is 3.74. The number of rotatable bonds is 5. The number of amides is 2. The molecule has 2 amide bonds. The summed E-state index contributed by atoms with van der Waals surface area (Å²) < 4.78 is 0. The van der Waals surface area contributed by atoms with E-state index in [0.717, 1.165) is 48.5 Å². The Kier molecular flexibility index (Phi) is 5.67. The van der Waals surface area contributed by atoms with Crippen LogP contribution in [-0.4, -0.2) is 52.1 Å². The molecule has 0 radical (unpaired) electrons. The van der Waals surface area contributed by atoms with E-state index >= 15 is 0 Å². The van der Waals surface area contributed by atoms with E-state index in [1.165, 1.54) is 18.4 Å². The van der Waals surface area contributed by atoms with Crippen LogP contribution >= 0.6 is 0 Å². The molecule has 2 fully saturated rings. The van der Waals surface area contributed by atoms with Crippen LogP contribution < -0.4 is 20.9 Å². The molecule has 1 aromatic carbocycles. The Balaban J connectivity index is 1.35. The number of anilines is 3. The summed E-state index contributed by atoms with van der Waals surface area (Å²) in [6.07, 6.45) is 7.84. The number of nitrogens with one attached hydrogen (secondary N) is 3. The number of nitrogens with zero attached hydrogens (tertiary/aromatic N) is 5. The van der Waals surface area contributed by atoms with Gasteiger partial charge in [0.05, 0.1) is 11.7 Å². The SMILES string of the molecule is O=C(Nc1ccccc1)Nc1cc(-c2nc(N3CCNCC3)c3c(C4CC4)cncc3n2)ccn1. The first kappa shape index (κ1) is 21.4. The van der Waals surface area contributed by atoms with Crippen molar-refractivity contribution in [3.8, 4) is 11.4 Å². The van der Waals surface area contributed by atoms with E-state index in [1.807, 2.05) is 48.8 Å². The van der Waals surface area contributed by atoms with Gasteiger partial charge in [-0.1, -0.05) is 18.2 Å². The van der Waals surface area contributed by atoms with Crippen LogP contribution in [0.2, 0.25) is 0 Å². The molecule has 0 unspecified atom stereocenters. The topological polar surface area (TPSA) is 108 Å². The number of pyridine rings is 2. The van der Waals surface area contributed by atoms with Gasteiger partial charge >= 0.3 is 6.03 Å². The van der Waals surface area contributed by atoms with Gasteiger partial charge in [-0.3, -0.25) is 10.3 Å². The minimum atomic E-state index is -0.361. The summed E-state index contributed by atoms with van der Waals surface area (Å²) in [7, 11) is 0. The average molecular weight is 467 g/mol. The van der Waals surface area contributed by atoms with Crippen LogP contribution in [0.4, 0.5) is 22.1 Å². The molecule has 0 atom stereocenters. The quantitative estimate of drug-likeness (QED) is 0.408. The van der Waals surface area contributed by atoms with E-state index < -0.39 is 0 Å². The Hall–Kier alpha value is -4.11. The summed E-state index contributed by atoms with van der Waals surface area (Å²) in [5.41, 5.74) is 3.59. The summed E-state index contributed by atoms with van der Waals surface area (Å²) in [6, 6.07) is 12.6. The summed E-state index contributed by atoms with van der Waals surface area (Å²) in [4.78, 5) is 33.5. The number of fused-ring (bicyclic) bond motifs is 1. The molecule has 2 aliphatic rings. The van der Waals surface area contributed by atoms with Gasteiger partial charge in [-0.15, -0.1) is 0 Å². The Bertz CT molecular complexity index is 1370. The zero-order valence-electron chi connectivity index (χ0n) is 19.2. The van der Waals surface area contributed by atoms with Gasteiger partial charge in [0.2, 0.25) is 0 Å². The molecule has 3 aromatic heterocycles. The fourth-order valence-electron chi connectivity index (χ4n) is 4.47. The van der Waals surface area contributed by atoms with Crippen molar-refractivity contribution >= 4 is 34.3 Å². The number of hydrogen-bond acceptors (Lipinski definition) is 7. The zero-order valence-corrected chi connectivity index (χ0v) is 19.2. The highest BCUT2D eigenvalue weighted by Gasteiger charge is 2.29. The zero-order chi connectivity index (χ0) is 23.6. The van der Waals surface area contributed by atoms with Crippen LogP contribution in [-0.2, 0) is 0 Å². The van der Waals surface area contributed by atoms with Gasteiger partial charge < -0.3 is 15.5 Å². The van der Waals surface area contributed by atoms with Gasteiger partial charge in [0.15, 0.2) is 5.82 Å². The van der Waals surface area contributed by atoms with E-state index in [9.17, 15) is 4.79 Å². The number of carbonyl (C=O) groups excluding carboxylic acids is 1. The number of hydrogen-bond donors (Lipinski definition) is 3. The first-order valence-electron chi connectivity index (χ1n) is 12.0. The highest BCUT2D eigenvalue weighted by atomic mass is 16.2. The number of urea groups is 1. The molecule has 6 rings (SSSR count). The van der Waals surface area contributed by atoms with Gasteiger partial charge in [0.25, 0.3) is 0 Å². The molecule has 3 N–H and O–H groups in total. The molecule has 4 heterocycles. The number of para-hydroxylation sites is 1. The third kappa shape index (κ3) is 4.63. The molecule has 9 heteroatoms. The summed E-state index contributed by atoms with van der Waals surface area (Å²) in [6.45, 7) is 3.62. The van der Waals surface area contributed by atoms with Crippen LogP contribution in [0.1, 0.15) is 24.3 Å². The van der Waals surface area contributed by atoms with E-state index in [-0.39, 0.29) is 6.03 Å². The fraction of sp³-hybridized carbons (Fsp3) is 0.269. The largest absolute Gasteiger partial charge is 0.353 e. The molecule has 176 valence electrons. The molecule has 1 aliphatic heterocycles. The lowest BCUT2D eigenvalue weighted by molar-refractivity contribution is 0.262. The summed E-state index contributed by atoms with van der Waals surface area (Å²) >= 11 is 0. The third-order valence-electron chi connectivity index (χ3n) is 6.34. The Labute approximate surface area is 203 Å². The van der Waals surface area contributed by atoms with Crippen molar-refractivity contribution in [3.05, 3.63) is 66.6 Å². The van der Waals surface area contributed by atoms with Gasteiger partial charge in [-0.05, 0) is 48.6 Å². The predicted octanol–water partition coefficient (Wildman–Crippen LogP) is 4.02.